The fourth-order valence-electron chi connectivity index (χ4n) is 7.87. The second-order valence-electron chi connectivity index (χ2n) is 13.5. The Bertz CT molecular complexity index is 959. The fourth-order valence-corrected chi connectivity index (χ4v) is 7.87. The van der Waals surface area contributed by atoms with Crippen molar-refractivity contribution in [1.29, 1.82) is 0 Å². The minimum absolute atomic E-state index is 0.000274. The Balaban J connectivity index is 1.58. The smallest absolute Gasteiger partial charge is 0.230 e. The highest BCUT2D eigenvalue weighted by molar-refractivity contribution is 6.08. The number of hydrogen-bond donors (Lipinski definition) is 2. The highest BCUT2D eigenvalue weighted by atomic mass is 16.2. The number of nitrogens with zero attached hydrogens (tertiary/aromatic N) is 1. The fraction of sp³-hybridized carbons (Fsp3) is 0.750. The van der Waals surface area contributed by atoms with Crippen LogP contribution in [0.15, 0.2) is 18.2 Å². The van der Waals surface area contributed by atoms with Crippen LogP contribution in [0.2, 0.25) is 0 Å². The van der Waals surface area contributed by atoms with Crippen LogP contribution >= 0.6 is 0 Å². The number of carbonyl (C=O) groups is 3. The molecule has 3 amide bonds. The molecule has 42 heavy (non-hydrogen) atoms. The molecule has 3 aliphatic carbocycles. The summed E-state index contributed by atoms with van der Waals surface area (Å²) in [6.45, 7) is 7.12. The minimum Gasteiger partial charge on any atom is -0.324 e. The highest BCUT2D eigenvalue weighted by Crippen LogP contribution is 2.40. The zero-order valence-electron chi connectivity index (χ0n) is 26.7. The number of hydrogen-bond acceptors (Lipinski definition) is 3. The SMILES string of the molecule is CCCC1CCC(C(=O)Nc2cccc(NC(=O)C3CCC(CCC)CC3)c2N(CCC)C(=O)C2CCCCC2)CC1. The van der Waals surface area contributed by atoms with Gasteiger partial charge < -0.3 is 15.5 Å². The Morgan fingerprint density at radius 1 is 0.643 bits per heavy atom. The summed E-state index contributed by atoms with van der Waals surface area (Å²) in [5.74, 6) is 1.69. The van der Waals surface area contributed by atoms with E-state index in [1.807, 2.05) is 23.1 Å². The Morgan fingerprint density at radius 2 is 1.12 bits per heavy atom. The van der Waals surface area contributed by atoms with Crippen molar-refractivity contribution in [3.63, 3.8) is 0 Å². The molecule has 6 nitrogen and oxygen atoms in total. The van der Waals surface area contributed by atoms with E-state index in [1.54, 1.807) is 0 Å². The quantitative estimate of drug-likeness (QED) is 0.259. The topological polar surface area (TPSA) is 78.5 Å². The maximum absolute atomic E-state index is 14.1. The van der Waals surface area contributed by atoms with Crippen molar-refractivity contribution in [2.24, 2.45) is 29.6 Å². The molecule has 4 rings (SSSR count). The summed E-state index contributed by atoms with van der Waals surface area (Å²) in [6, 6.07) is 5.73. The molecule has 1 aromatic carbocycles. The lowest BCUT2D eigenvalue weighted by atomic mass is 9.79. The van der Waals surface area contributed by atoms with Gasteiger partial charge in [0.2, 0.25) is 17.7 Å². The van der Waals surface area contributed by atoms with Gasteiger partial charge in [0.25, 0.3) is 0 Å². The number of nitrogens with one attached hydrogen (secondary N) is 2. The van der Waals surface area contributed by atoms with Gasteiger partial charge in [-0.25, -0.2) is 0 Å². The molecule has 0 unspecified atom stereocenters. The molecule has 0 spiro atoms. The predicted molar refractivity (Wildman–Crippen MR) is 174 cm³/mol. The third-order valence-electron chi connectivity index (χ3n) is 10.3. The van der Waals surface area contributed by atoms with E-state index in [0.717, 1.165) is 95.3 Å². The molecule has 3 aliphatic rings. The lowest BCUT2D eigenvalue weighted by Gasteiger charge is -2.33. The van der Waals surface area contributed by atoms with Crippen LogP contribution in [0.1, 0.15) is 136 Å². The van der Waals surface area contributed by atoms with Gasteiger partial charge in [-0.2, -0.15) is 0 Å². The molecule has 0 radical (unpaired) electrons. The van der Waals surface area contributed by atoms with E-state index >= 15 is 0 Å². The van der Waals surface area contributed by atoms with E-state index < -0.39 is 0 Å². The van der Waals surface area contributed by atoms with Gasteiger partial charge in [0.15, 0.2) is 0 Å². The molecular weight excluding hydrogens is 522 g/mol. The third-order valence-corrected chi connectivity index (χ3v) is 10.3. The Hall–Kier alpha value is -2.37. The van der Waals surface area contributed by atoms with Crippen LogP contribution in [0.5, 0.6) is 0 Å². The number of rotatable bonds is 12. The minimum atomic E-state index is -0.00354. The summed E-state index contributed by atoms with van der Waals surface area (Å²) in [6.07, 6.45) is 19.0. The van der Waals surface area contributed by atoms with Crippen LogP contribution in [0.4, 0.5) is 17.1 Å². The van der Waals surface area contributed by atoms with Gasteiger partial charge in [-0.1, -0.05) is 71.8 Å². The van der Waals surface area contributed by atoms with Crippen molar-refractivity contribution in [1.82, 2.24) is 0 Å². The number of amides is 3. The second-order valence-corrected chi connectivity index (χ2v) is 13.5. The maximum atomic E-state index is 14.1. The van der Waals surface area contributed by atoms with Gasteiger partial charge in [0, 0.05) is 24.3 Å². The van der Waals surface area contributed by atoms with Crippen LogP contribution in [0.25, 0.3) is 0 Å². The zero-order chi connectivity index (χ0) is 29.9. The first kappa shape index (κ1) is 32.5. The molecule has 0 heterocycles. The monoisotopic (exact) mass is 579 g/mol. The maximum Gasteiger partial charge on any atom is 0.230 e. The van der Waals surface area contributed by atoms with Crippen molar-refractivity contribution >= 4 is 34.8 Å². The molecule has 0 aliphatic heterocycles. The number of benzene rings is 1. The lowest BCUT2D eigenvalue weighted by Crippen LogP contribution is -2.39. The van der Waals surface area contributed by atoms with Gasteiger partial charge in [-0.15, -0.1) is 0 Å². The van der Waals surface area contributed by atoms with Crippen molar-refractivity contribution in [2.45, 2.75) is 136 Å². The van der Waals surface area contributed by atoms with Gasteiger partial charge in [-0.05, 0) is 94.6 Å². The summed E-state index contributed by atoms with van der Waals surface area (Å²) < 4.78 is 0. The molecule has 2 N–H and O–H groups in total. The summed E-state index contributed by atoms with van der Waals surface area (Å²) >= 11 is 0. The second kappa shape index (κ2) is 16.5. The lowest BCUT2D eigenvalue weighted by molar-refractivity contribution is -0.123. The van der Waals surface area contributed by atoms with Crippen molar-refractivity contribution in [3.8, 4) is 0 Å². The molecule has 0 bridgehead atoms. The molecule has 0 atom stereocenters. The van der Waals surface area contributed by atoms with Crippen LogP contribution in [-0.4, -0.2) is 24.3 Å². The largest absolute Gasteiger partial charge is 0.324 e. The molecule has 6 heteroatoms. The first-order valence-corrected chi connectivity index (χ1v) is 17.5. The predicted octanol–water partition coefficient (Wildman–Crippen LogP) is 9.10. The van der Waals surface area contributed by atoms with E-state index in [-0.39, 0.29) is 35.5 Å². The van der Waals surface area contributed by atoms with Crippen LogP contribution in [0, 0.1) is 29.6 Å². The van der Waals surface area contributed by atoms with E-state index in [1.165, 1.54) is 32.1 Å². The Kier molecular flexibility index (Phi) is 12.8. The summed E-state index contributed by atoms with van der Waals surface area (Å²) in [5, 5.41) is 6.51. The molecular formula is C36H57N3O3. The molecule has 0 aromatic heterocycles. The van der Waals surface area contributed by atoms with Crippen LogP contribution < -0.4 is 15.5 Å². The molecule has 3 fully saturated rings. The van der Waals surface area contributed by atoms with E-state index in [9.17, 15) is 14.4 Å². The number of carbonyl (C=O) groups excluding carboxylic acids is 3. The Morgan fingerprint density at radius 3 is 1.55 bits per heavy atom. The van der Waals surface area contributed by atoms with Gasteiger partial charge >= 0.3 is 0 Å². The van der Waals surface area contributed by atoms with Crippen molar-refractivity contribution in [3.05, 3.63) is 18.2 Å². The van der Waals surface area contributed by atoms with Gasteiger partial charge in [0.1, 0.15) is 0 Å². The first-order chi connectivity index (χ1) is 20.4. The Labute approximate surface area is 255 Å². The molecule has 3 saturated carbocycles. The average molecular weight is 580 g/mol. The van der Waals surface area contributed by atoms with E-state index in [4.69, 9.17) is 0 Å². The summed E-state index contributed by atoms with van der Waals surface area (Å²) in [5.41, 5.74) is 1.98. The standard InChI is InChI=1S/C36H57N3O3/c1-4-11-26-17-21-28(22-18-26)34(40)37-31-15-10-16-32(38-35(41)29-23-19-27(12-5-2)20-24-29)33(31)39(25-6-3)36(42)30-13-8-7-9-14-30/h10,15-16,26-30H,4-9,11-14,17-25H2,1-3H3,(H,37,40)(H,38,41). The molecule has 0 saturated heterocycles. The zero-order valence-corrected chi connectivity index (χ0v) is 26.7. The van der Waals surface area contributed by atoms with Crippen LogP contribution in [0.3, 0.4) is 0 Å². The number of anilines is 3. The van der Waals surface area contributed by atoms with Crippen molar-refractivity contribution < 1.29 is 14.4 Å². The molecule has 1 aromatic rings. The normalized spacial score (nSPS) is 25.0. The van der Waals surface area contributed by atoms with E-state index in [0.29, 0.717) is 23.6 Å². The number of para-hydroxylation sites is 1. The highest BCUT2D eigenvalue weighted by Gasteiger charge is 2.33. The van der Waals surface area contributed by atoms with E-state index in [2.05, 4.69) is 31.4 Å². The average Bonchev–Trinajstić information content (AvgIpc) is 3.01. The summed E-state index contributed by atoms with van der Waals surface area (Å²) in [4.78, 5) is 43.1. The van der Waals surface area contributed by atoms with Crippen LogP contribution in [-0.2, 0) is 14.4 Å². The third kappa shape index (κ3) is 8.60. The molecule has 234 valence electrons. The van der Waals surface area contributed by atoms with Gasteiger partial charge in [-0.3, -0.25) is 14.4 Å². The summed E-state index contributed by atoms with van der Waals surface area (Å²) in [7, 11) is 0. The van der Waals surface area contributed by atoms with Gasteiger partial charge in [0.05, 0.1) is 17.1 Å². The first-order valence-electron chi connectivity index (χ1n) is 17.5. The van der Waals surface area contributed by atoms with Crippen molar-refractivity contribution in [2.75, 3.05) is 22.1 Å².